The van der Waals surface area contributed by atoms with Crippen molar-refractivity contribution in [2.45, 2.75) is 175 Å². The molecule has 5 aliphatic rings. The van der Waals surface area contributed by atoms with Crippen molar-refractivity contribution in [2.75, 3.05) is 0 Å². The van der Waals surface area contributed by atoms with Crippen LogP contribution in [0.5, 0.6) is 23.0 Å². The number of ketones is 8. The number of rotatable bonds is 20. The smallest absolute Gasteiger partial charge is 0.526 e. The van der Waals surface area contributed by atoms with Gasteiger partial charge in [-0.25, -0.2) is 0 Å². The van der Waals surface area contributed by atoms with E-state index in [2.05, 4.69) is 22.4 Å². The summed E-state index contributed by atoms with van der Waals surface area (Å²) in [6.45, 7) is 11.1. The second-order valence-electron chi connectivity index (χ2n) is 24.4. The van der Waals surface area contributed by atoms with Crippen molar-refractivity contribution in [3.63, 3.8) is 0 Å². The second kappa shape index (κ2) is 33.6. The molecule has 5 atom stereocenters. The Morgan fingerprint density at radius 1 is 0.473 bits per heavy atom. The van der Waals surface area contributed by atoms with E-state index >= 15 is 0 Å². The summed E-state index contributed by atoms with van der Waals surface area (Å²) in [7, 11) is -4.28. The number of nitrogens with zero attached hydrogens (tertiary/aromatic N) is 1. The maximum Gasteiger partial charge on any atom is 0.526 e. The van der Waals surface area contributed by atoms with Crippen molar-refractivity contribution in [1.29, 1.82) is 0 Å². The first-order valence-corrected chi connectivity index (χ1v) is 31.3. The number of nitrogens with one attached hydrogen (secondary N) is 1. The van der Waals surface area contributed by atoms with Crippen LogP contribution in [0.2, 0.25) is 23.3 Å². The summed E-state index contributed by atoms with van der Waals surface area (Å²) in [6, 6.07) is 31.2. The van der Waals surface area contributed by atoms with E-state index in [1.54, 1.807) is 80.8 Å². The Bertz CT molecular complexity index is 3700. The van der Waals surface area contributed by atoms with Gasteiger partial charge in [0.1, 0.15) is 46.1 Å². The van der Waals surface area contributed by atoms with Gasteiger partial charge in [0.2, 0.25) is 0 Å². The van der Waals surface area contributed by atoms with E-state index in [0.717, 1.165) is 46.5 Å². The zero-order chi connectivity index (χ0) is 66.3. The van der Waals surface area contributed by atoms with Gasteiger partial charge in [0.05, 0.1) is 28.4 Å². The number of hydrogen-bond acceptors (Lipinski definition) is 19. The van der Waals surface area contributed by atoms with Crippen LogP contribution in [0.15, 0.2) is 116 Å². The van der Waals surface area contributed by atoms with Gasteiger partial charge in [-0.15, -0.1) is 0 Å². The van der Waals surface area contributed by atoms with Gasteiger partial charge in [-0.3, -0.25) is 43.3 Å². The number of hydrogen-bond donors (Lipinski definition) is 6. The molecule has 6 N–H and O–H groups in total. The quantitative estimate of drug-likeness (QED) is 0.0306. The number of Topliss-reactive ketones (excluding diaryl/α,β-unsaturated/α-hetero) is 8. The van der Waals surface area contributed by atoms with Crippen LogP contribution in [0.4, 0.5) is 0 Å². The van der Waals surface area contributed by atoms with Gasteiger partial charge in [-0.05, 0) is 148 Å². The maximum absolute atomic E-state index is 12.6. The van der Waals surface area contributed by atoms with Gasteiger partial charge in [0.25, 0.3) is 0 Å². The fraction of sp³-hybridized carbons (Fsp3) is 0.386. The van der Waals surface area contributed by atoms with Gasteiger partial charge in [0, 0.05) is 100 Å². The number of aromatic nitrogens is 1. The highest BCUT2D eigenvalue weighted by molar-refractivity contribution is 6.48. The van der Waals surface area contributed by atoms with Gasteiger partial charge < -0.3 is 49.1 Å². The standard InChI is InChI=1S/C21H22BNO4.C18H18BNO4.C16H21BO5.C14H17BO4.CH4/c1-13(24)20-4-2-3-15-9-18(22(26)27-21(15)20)10-19(25)8-14-5-6-16-11-23-12-17(16)7-14;1-12(21)17-4-2-3-14-10-15(19(23)24-18(14)17)11-16(22)9-13-5-7-20-8-6-13;1-10(18)6-7-14(20)9-13-8-12-4-3-5-15(11(2)19)16(12)22-17(13)21;1-3-12(17)8-11-7-10-5-4-6-13(9(2)16)14(10)19-15(11)18;/h2-7,18,23,26H,8-12H2,1H3;2-8,15,23H,9-11H2,1H3;3-5,10,13,18,21H,6-9H2,1-2H3;4-6,11,18H,3,7-8H2,1-2H3;1H4/t18-;15-;10?,13-;11-;/m1111./s1. The van der Waals surface area contributed by atoms with Crippen molar-refractivity contribution in [3.05, 3.63) is 182 Å². The highest BCUT2D eigenvalue weighted by Crippen LogP contribution is 2.41. The van der Waals surface area contributed by atoms with Gasteiger partial charge in [-0.2, -0.15) is 0 Å². The Hall–Kier alpha value is -8.17. The molecule has 0 saturated heterocycles. The lowest BCUT2D eigenvalue weighted by Gasteiger charge is -2.28. The molecule has 486 valence electrons. The van der Waals surface area contributed by atoms with Gasteiger partial charge in [0.15, 0.2) is 23.1 Å². The molecule has 6 aromatic rings. The van der Waals surface area contributed by atoms with E-state index in [4.69, 9.17) is 18.6 Å². The first-order chi connectivity index (χ1) is 44.0. The van der Waals surface area contributed by atoms with Crippen LogP contribution in [-0.2, 0) is 70.8 Å². The number of pyridine rings is 1. The largest absolute Gasteiger partial charge is 0.535 e. The predicted molar refractivity (Wildman–Crippen MR) is 355 cm³/mol. The third kappa shape index (κ3) is 19.5. The summed E-state index contributed by atoms with van der Waals surface area (Å²) >= 11 is 0. The van der Waals surface area contributed by atoms with E-state index in [1.807, 2.05) is 36.4 Å². The van der Waals surface area contributed by atoms with Gasteiger partial charge >= 0.3 is 28.5 Å². The molecule has 0 amide bonds. The normalized spacial score (nSPS) is 17.3. The number of aliphatic hydroxyl groups excluding tert-OH is 1. The molecule has 1 unspecified atom stereocenters. The molecule has 93 heavy (non-hydrogen) atoms. The summed E-state index contributed by atoms with van der Waals surface area (Å²) in [5.74, 6) is 0.433. The molecule has 6 heterocycles. The Kier molecular flexibility index (Phi) is 26.1. The Labute approximate surface area is 545 Å². The lowest BCUT2D eigenvalue weighted by Crippen LogP contribution is -2.36. The number of carbonyl (C=O) groups is 8. The molecule has 5 aromatic carbocycles. The van der Waals surface area contributed by atoms with Crippen LogP contribution in [0.25, 0.3) is 0 Å². The average Bonchev–Trinajstić information content (AvgIpc) is 1.40. The summed E-state index contributed by atoms with van der Waals surface area (Å²) in [4.78, 5) is 98.7. The molecular weight excluding hydrogens is 1180 g/mol. The van der Waals surface area contributed by atoms with Crippen molar-refractivity contribution < 1.29 is 82.2 Å². The molecule has 0 spiro atoms. The van der Waals surface area contributed by atoms with Crippen molar-refractivity contribution in [2.24, 2.45) is 0 Å². The minimum Gasteiger partial charge on any atom is -0.535 e. The third-order valence-corrected chi connectivity index (χ3v) is 17.0. The van der Waals surface area contributed by atoms with E-state index in [0.29, 0.717) is 109 Å². The van der Waals surface area contributed by atoms with E-state index in [9.17, 15) is 63.6 Å². The number of fused-ring (bicyclic) bond motifs is 5. The van der Waals surface area contributed by atoms with E-state index < -0.39 is 34.6 Å². The molecule has 11 rings (SSSR count). The lowest BCUT2D eigenvalue weighted by atomic mass is 9.64. The van der Waals surface area contributed by atoms with E-state index in [1.165, 1.54) is 38.8 Å². The van der Waals surface area contributed by atoms with Crippen molar-refractivity contribution >= 4 is 74.7 Å². The van der Waals surface area contributed by atoms with Crippen molar-refractivity contribution in [3.8, 4) is 23.0 Å². The van der Waals surface area contributed by atoms with Crippen LogP contribution in [-0.4, -0.2) is 111 Å². The number of carbonyl (C=O) groups excluding carboxylic acids is 8. The van der Waals surface area contributed by atoms with Gasteiger partial charge in [-0.1, -0.05) is 81.1 Å². The molecule has 19 nitrogen and oxygen atoms in total. The molecule has 1 aromatic heterocycles. The third-order valence-electron chi connectivity index (χ3n) is 17.0. The van der Waals surface area contributed by atoms with E-state index in [-0.39, 0.29) is 96.2 Å². The fourth-order valence-corrected chi connectivity index (χ4v) is 12.1. The highest BCUT2D eigenvalue weighted by atomic mass is 16.5. The molecular formula is C70H82B4N2O17. The maximum atomic E-state index is 12.6. The van der Waals surface area contributed by atoms with Crippen molar-refractivity contribution in [1.82, 2.24) is 10.3 Å². The molecule has 5 aliphatic heterocycles. The zero-order valence-corrected chi connectivity index (χ0v) is 52.9. The number of para-hydroxylation sites is 4. The molecule has 0 saturated carbocycles. The molecule has 0 radical (unpaired) electrons. The molecule has 23 heteroatoms. The second-order valence-corrected chi connectivity index (χ2v) is 24.4. The fourth-order valence-electron chi connectivity index (χ4n) is 12.1. The SMILES string of the molecule is C.CC(=O)c1cccc2c1OB(O)[C@@H](CC(=O)CCC(C)O)C2.CC(=O)c1cccc2c1OB(O)[C@@H](CC(=O)Cc1ccc3c(c1)CNC3)C2.CC(=O)c1cccc2c1OB(O)[C@@H](CC(=O)Cc1ccncc1)C2.CCC(=O)C[C@H]1Cc2cccc(C(C)=O)c2OB1O. The first kappa shape index (κ1) is 72.3. The molecule has 0 aliphatic carbocycles. The summed E-state index contributed by atoms with van der Waals surface area (Å²) in [5.41, 5.74) is 9.78. The number of aliphatic hydroxyl groups is 1. The highest BCUT2D eigenvalue weighted by Gasteiger charge is 2.41. The van der Waals surface area contributed by atoms with Crippen LogP contribution in [0, 0.1) is 0 Å². The topological polar surface area (TPSA) is 300 Å². The molecule has 0 fully saturated rings. The van der Waals surface area contributed by atoms with Crippen LogP contribution >= 0.6 is 0 Å². The Morgan fingerprint density at radius 3 is 1.17 bits per heavy atom. The minimum atomic E-state index is -1.09. The predicted octanol–water partition coefficient (Wildman–Crippen LogP) is 9.23. The Balaban J connectivity index is 0.000000176. The summed E-state index contributed by atoms with van der Waals surface area (Å²) in [6.07, 6.45) is 7.74. The van der Waals surface area contributed by atoms with Crippen LogP contribution < -0.4 is 23.9 Å². The zero-order valence-electron chi connectivity index (χ0n) is 52.9. The first-order valence-electron chi connectivity index (χ1n) is 31.3. The Morgan fingerprint density at radius 2 is 0.817 bits per heavy atom. The molecule has 0 bridgehead atoms. The minimum absolute atomic E-state index is 0. The monoisotopic (exact) mass is 1270 g/mol. The van der Waals surface area contributed by atoms with Crippen LogP contribution in [0.3, 0.4) is 0 Å². The summed E-state index contributed by atoms with van der Waals surface area (Å²) < 4.78 is 22.1. The summed E-state index contributed by atoms with van der Waals surface area (Å²) in [5, 5.41) is 53.2. The number of benzene rings is 5. The average molecular weight is 1270 g/mol. The lowest BCUT2D eigenvalue weighted by molar-refractivity contribution is -0.120. The van der Waals surface area contributed by atoms with Crippen LogP contribution in [0.1, 0.15) is 180 Å².